The van der Waals surface area contributed by atoms with Gasteiger partial charge in [-0.05, 0) is 23.8 Å². The quantitative estimate of drug-likeness (QED) is 0.797. The number of nitrogens with zero attached hydrogens (tertiary/aromatic N) is 6. The van der Waals surface area contributed by atoms with Crippen molar-refractivity contribution < 1.29 is 4.79 Å². The molecule has 3 rings (SSSR count). The fourth-order valence-corrected chi connectivity index (χ4v) is 3.03. The van der Waals surface area contributed by atoms with Gasteiger partial charge in [0.05, 0.1) is 0 Å². The highest BCUT2D eigenvalue weighted by molar-refractivity contribution is 7.07. The maximum absolute atomic E-state index is 12.3. The van der Waals surface area contributed by atoms with E-state index in [-0.39, 0.29) is 17.2 Å². The Morgan fingerprint density at radius 3 is 3.05 bits per heavy atom. The number of fused-ring (bicyclic) bond motifs is 1. The van der Waals surface area contributed by atoms with Gasteiger partial charge in [-0.25, -0.2) is 4.68 Å². The van der Waals surface area contributed by atoms with E-state index in [0.29, 0.717) is 19.0 Å². The maximum atomic E-state index is 12.3. The summed E-state index contributed by atoms with van der Waals surface area (Å²) < 4.78 is 3.25. The summed E-state index contributed by atoms with van der Waals surface area (Å²) in [6.07, 6.45) is 1.10. The lowest BCUT2D eigenvalue weighted by atomic mass is 10.3. The van der Waals surface area contributed by atoms with Gasteiger partial charge >= 0.3 is 4.87 Å². The molecule has 0 spiro atoms. The third-order valence-corrected chi connectivity index (χ3v) is 4.21. The molecule has 0 atom stereocenters. The summed E-state index contributed by atoms with van der Waals surface area (Å²) in [7, 11) is 0. The van der Waals surface area contributed by atoms with E-state index in [0.717, 1.165) is 30.0 Å². The van der Waals surface area contributed by atoms with Crippen LogP contribution in [0.25, 0.3) is 0 Å². The number of aryl methyl sites for hydroxylation is 2. The number of amides is 1. The number of carbonyl (C=O) groups is 1. The van der Waals surface area contributed by atoms with Gasteiger partial charge in [0, 0.05) is 37.1 Å². The summed E-state index contributed by atoms with van der Waals surface area (Å²) in [5.74, 6) is 0.439. The zero-order valence-electron chi connectivity index (χ0n) is 11.0. The SMILES string of the molecule is Cc1csc(=O)n1CCC(=O)N1CCCn2nnnc21. The van der Waals surface area contributed by atoms with Gasteiger partial charge < -0.3 is 4.57 Å². The van der Waals surface area contributed by atoms with Crippen molar-refractivity contribution in [1.82, 2.24) is 24.8 Å². The Bertz CT molecular complexity index is 687. The second kappa shape index (κ2) is 5.16. The summed E-state index contributed by atoms with van der Waals surface area (Å²) in [6, 6.07) is 0. The topological polar surface area (TPSA) is 85.9 Å². The van der Waals surface area contributed by atoms with Crippen LogP contribution in [0.1, 0.15) is 18.5 Å². The van der Waals surface area contributed by atoms with Crippen LogP contribution in [0.4, 0.5) is 5.95 Å². The maximum Gasteiger partial charge on any atom is 0.307 e. The molecule has 0 N–H and O–H groups in total. The largest absolute Gasteiger partial charge is 0.307 e. The van der Waals surface area contributed by atoms with Gasteiger partial charge in [0.2, 0.25) is 5.91 Å². The van der Waals surface area contributed by atoms with Crippen LogP contribution in [0.15, 0.2) is 10.2 Å². The molecule has 0 aliphatic carbocycles. The molecular formula is C11H14N6O2S. The number of carbonyl (C=O) groups excluding carboxylic acids is 1. The minimum atomic E-state index is -0.0572. The van der Waals surface area contributed by atoms with Crippen molar-refractivity contribution in [3.05, 3.63) is 20.7 Å². The molecule has 2 aromatic heterocycles. The van der Waals surface area contributed by atoms with Crippen molar-refractivity contribution in [2.24, 2.45) is 0 Å². The Balaban J connectivity index is 1.71. The number of hydrogen-bond donors (Lipinski definition) is 0. The summed E-state index contributed by atoms with van der Waals surface area (Å²) in [6.45, 7) is 3.61. The van der Waals surface area contributed by atoms with Gasteiger partial charge in [-0.2, -0.15) is 0 Å². The van der Waals surface area contributed by atoms with Crippen LogP contribution < -0.4 is 9.77 Å². The first-order valence-electron chi connectivity index (χ1n) is 6.38. The molecule has 2 aromatic rings. The molecule has 0 saturated heterocycles. The number of aromatic nitrogens is 5. The normalized spacial score (nSPS) is 14.3. The zero-order chi connectivity index (χ0) is 14.1. The van der Waals surface area contributed by atoms with Crippen LogP contribution in [0.5, 0.6) is 0 Å². The molecule has 0 bridgehead atoms. The molecule has 1 aliphatic heterocycles. The molecule has 8 nitrogen and oxygen atoms in total. The monoisotopic (exact) mass is 294 g/mol. The highest BCUT2D eigenvalue weighted by atomic mass is 32.1. The minimum absolute atomic E-state index is 0.0289. The molecule has 1 amide bonds. The lowest BCUT2D eigenvalue weighted by Crippen LogP contribution is -2.38. The van der Waals surface area contributed by atoms with Gasteiger partial charge in [-0.1, -0.05) is 16.4 Å². The van der Waals surface area contributed by atoms with E-state index in [1.54, 1.807) is 19.5 Å². The van der Waals surface area contributed by atoms with Crippen LogP contribution in [0, 0.1) is 6.92 Å². The molecule has 0 unspecified atom stereocenters. The summed E-state index contributed by atoms with van der Waals surface area (Å²) >= 11 is 1.15. The van der Waals surface area contributed by atoms with Crippen molar-refractivity contribution in [2.75, 3.05) is 11.4 Å². The first kappa shape index (κ1) is 13.0. The summed E-state index contributed by atoms with van der Waals surface area (Å²) in [4.78, 5) is 25.5. The molecule has 20 heavy (non-hydrogen) atoms. The standard InChI is InChI=1S/C11H14N6O2S/c1-8-7-20-11(19)15(8)6-3-9(18)16-4-2-5-17-10(16)12-13-14-17/h7H,2-6H2,1H3. The van der Waals surface area contributed by atoms with E-state index in [9.17, 15) is 9.59 Å². The van der Waals surface area contributed by atoms with Crippen LogP contribution >= 0.6 is 11.3 Å². The number of hydrogen-bond acceptors (Lipinski definition) is 6. The van der Waals surface area contributed by atoms with Crippen molar-refractivity contribution in [3.8, 4) is 0 Å². The van der Waals surface area contributed by atoms with Gasteiger partial charge in [0.25, 0.3) is 5.95 Å². The van der Waals surface area contributed by atoms with E-state index in [1.807, 2.05) is 6.92 Å². The Morgan fingerprint density at radius 2 is 2.30 bits per heavy atom. The average Bonchev–Trinajstić information content (AvgIpc) is 3.03. The van der Waals surface area contributed by atoms with Crippen LogP contribution in [0.2, 0.25) is 0 Å². The van der Waals surface area contributed by atoms with Crippen molar-refractivity contribution in [3.63, 3.8) is 0 Å². The number of tetrazole rings is 1. The Morgan fingerprint density at radius 1 is 1.45 bits per heavy atom. The van der Waals surface area contributed by atoms with Crippen molar-refractivity contribution >= 4 is 23.2 Å². The van der Waals surface area contributed by atoms with E-state index >= 15 is 0 Å². The predicted octanol–water partition coefficient (Wildman–Crippen LogP) is 0.0317. The van der Waals surface area contributed by atoms with Crippen molar-refractivity contribution in [1.29, 1.82) is 0 Å². The van der Waals surface area contributed by atoms with E-state index in [4.69, 9.17) is 0 Å². The van der Waals surface area contributed by atoms with Crippen LogP contribution in [0.3, 0.4) is 0 Å². The molecule has 0 radical (unpaired) electrons. The minimum Gasteiger partial charge on any atom is -0.303 e. The van der Waals surface area contributed by atoms with Gasteiger partial charge in [-0.3, -0.25) is 14.5 Å². The van der Waals surface area contributed by atoms with E-state index in [2.05, 4.69) is 15.5 Å². The fraction of sp³-hybridized carbons (Fsp3) is 0.545. The predicted molar refractivity (Wildman–Crippen MR) is 72.7 cm³/mol. The molecule has 0 fully saturated rings. The second-order valence-electron chi connectivity index (χ2n) is 4.65. The first-order chi connectivity index (χ1) is 9.66. The molecule has 1 aliphatic rings. The summed E-state index contributed by atoms with van der Waals surface area (Å²) in [5.41, 5.74) is 0.885. The van der Waals surface area contributed by atoms with Crippen LogP contribution in [-0.2, 0) is 17.9 Å². The molecule has 106 valence electrons. The third kappa shape index (κ3) is 2.24. The highest BCUT2D eigenvalue weighted by Gasteiger charge is 2.25. The Hall–Kier alpha value is -2.03. The first-order valence-corrected chi connectivity index (χ1v) is 7.26. The third-order valence-electron chi connectivity index (χ3n) is 3.33. The lowest BCUT2D eigenvalue weighted by molar-refractivity contribution is -0.119. The Kier molecular flexibility index (Phi) is 3.35. The van der Waals surface area contributed by atoms with Gasteiger partial charge in [-0.15, -0.1) is 0 Å². The lowest BCUT2D eigenvalue weighted by Gasteiger charge is -2.25. The molecular weight excluding hydrogens is 280 g/mol. The zero-order valence-corrected chi connectivity index (χ0v) is 11.8. The average molecular weight is 294 g/mol. The van der Waals surface area contributed by atoms with E-state index < -0.39 is 0 Å². The van der Waals surface area contributed by atoms with Crippen LogP contribution in [-0.4, -0.2) is 37.2 Å². The van der Waals surface area contributed by atoms with Crippen molar-refractivity contribution in [2.45, 2.75) is 32.9 Å². The number of rotatable bonds is 3. The smallest absolute Gasteiger partial charge is 0.303 e. The fourth-order valence-electron chi connectivity index (χ4n) is 2.27. The molecule has 9 heteroatoms. The van der Waals surface area contributed by atoms with E-state index in [1.165, 1.54) is 0 Å². The van der Waals surface area contributed by atoms with Gasteiger partial charge in [0.1, 0.15) is 0 Å². The second-order valence-corrected chi connectivity index (χ2v) is 5.47. The molecule has 0 saturated carbocycles. The number of thiazole rings is 1. The Labute approximate surface area is 118 Å². The summed E-state index contributed by atoms with van der Waals surface area (Å²) in [5, 5.41) is 13.1. The molecule has 3 heterocycles. The molecule has 0 aromatic carbocycles. The highest BCUT2D eigenvalue weighted by Crippen LogP contribution is 2.16. The van der Waals surface area contributed by atoms with Gasteiger partial charge in [0.15, 0.2) is 0 Å². The number of anilines is 1.